The molecule has 1 unspecified atom stereocenters. The molecule has 0 fully saturated rings. The molecule has 0 aliphatic carbocycles. The van der Waals surface area contributed by atoms with Crippen molar-refractivity contribution < 1.29 is 23.5 Å². The Kier molecular flexibility index (Phi) is 7.10. The number of methoxy groups -OCH3 is 1. The zero-order valence-electron chi connectivity index (χ0n) is 11.6. The van der Waals surface area contributed by atoms with E-state index < -0.39 is 17.8 Å². The number of benzene rings is 1. The van der Waals surface area contributed by atoms with Crippen LogP contribution in [0.5, 0.6) is 5.75 Å². The Labute approximate surface area is 130 Å². The van der Waals surface area contributed by atoms with E-state index in [0.29, 0.717) is 16.8 Å². The van der Waals surface area contributed by atoms with Gasteiger partial charge in [0, 0.05) is 7.11 Å². The lowest BCUT2D eigenvalue weighted by molar-refractivity contribution is -0.122. The number of amides is 3. The van der Waals surface area contributed by atoms with Crippen molar-refractivity contribution >= 4 is 27.9 Å². The van der Waals surface area contributed by atoms with Crippen LogP contribution in [0.3, 0.4) is 0 Å². The van der Waals surface area contributed by atoms with Crippen LogP contribution in [0.25, 0.3) is 0 Å². The summed E-state index contributed by atoms with van der Waals surface area (Å²) in [7, 11) is 1.51. The minimum Gasteiger partial charge on any atom is -0.483 e. The molecule has 1 atom stereocenters. The fourth-order valence-electron chi connectivity index (χ4n) is 1.45. The van der Waals surface area contributed by atoms with Gasteiger partial charge in [-0.1, -0.05) is 0 Å². The monoisotopic (exact) mass is 362 g/mol. The molecule has 3 amide bonds. The molecule has 0 radical (unpaired) electrons. The van der Waals surface area contributed by atoms with Crippen molar-refractivity contribution in [2.45, 2.75) is 13.0 Å². The number of carbonyl (C=O) groups excluding carboxylic acids is 2. The van der Waals surface area contributed by atoms with Crippen LogP contribution in [0, 0.1) is 5.82 Å². The third-order valence-electron chi connectivity index (χ3n) is 2.30. The average Bonchev–Trinajstić information content (AvgIpc) is 2.37. The highest BCUT2D eigenvalue weighted by molar-refractivity contribution is 9.10. The molecule has 2 N–H and O–H groups in total. The first-order chi connectivity index (χ1) is 9.92. The van der Waals surface area contributed by atoms with Gasteiger partial charge in [0.1, 0.15) is 11.6 Å². The SMILES string of the molecule is COCC(C)NC(=O)NC(=O)COc1ccc(F)cc1Br. The van der Waals surface area contributed by atoms with Crippen molar-refractivity contribution in [1.29, 1.82) is 0 Å². The molecule has 0 spiro atoms. The summed E-state index contributed by atoms with van der Waals surface area (Å²) >= 11 is 3.11. The molecule has 116 valence electrons. The molecule has 6 nitrogen and oxygen atoms in total. The zero-order valence-corrected chi connectivity index (χ0v) is 13.2. The number of halogens is 2. The fraction of sp³-hybridized carbons (Fsp3) is 0.385. The van der Waals surface area contributed by atoms with Gasteiger partial charge in [-0.25, -0.2) is 9.18 Å². The maximum Gasteiger partial charge on any atom is 0.321 e. The van der Waals surface area contributed by atoms with E-state index in [9.17, 15) is 14.0 Å². The highest BCUT2D eigenvalue weighted by Crippen LogP contribution is 2.25. The van der Waals surface area contributed by atoms with Gasteiger partial charge in [0.25, 0.3) is 5.91 Å². The van der Waals surface area contributed by atoms with E-state index in [1.165, 1.54) is 25.3 Å². The summed E-state index contributed by atoms with van der Waals surface area (Å²) in [5.74, 6) is -0.738. The van der Waals surface area contributed by atoms with Crippen LogP contribution < -0.4 is 15.4 Å². The molecule has 1 rings (SSSR count). The third-order valence-corrected chi connectivity index (χ3v) is 2.92. The fourth-order valence-corrected chi connectivity index (χ4v) is 1.92. The van der Waals surface area contributed by atoms with Crippen LogP contribution in [-0.4, -0.2) is 38.3 Å². The van der Waals surface area contributed by atoms with Gasteiger partial charge >= 0.3 is 6.03 Å². The number of rotatable bonds is 6. The molecule has 1 aromatic rings. The minimum absolute atomic E-state index is 0.227. The molecule has 21 heavy (non-hydrogen) atoms. The van der Waals surface area contributed by atoms with Gasteiger partial charge < -0.3 is 14.8 Å². The van der Waals surface area contributed by atoms with Crippen LogP contribution in [-0.2, 0) is 9.53 Å². The van der Waals surface area contributed by atoms with Crippen LogP contribution in [0.1, 0.15) is 6.92 Å². The highest BCUT2D eigenvalue weighted by atomic mass is 79.9. The van der Waals surface area contributed by atoms with E-state index in [-0.39, 0.29) is 12.6 Å². The Hall–Kier alpha value is -1.67. The van der Waals surface area contributed by atoms with Crippen LogP contribution in [0.4, 0.5) is 9.18 Å². The number of carbonyl (C=O) groups is 2. The summed E-state index contributed by atoms with van der Waals surface area (Å²) in [4.78, 5) is 23.0. The van der Waals surface area contributed by atoms with Crippen LogP contribution in [0.2, 0.25) is 0 Å². The normalized spacial score (nSPS) is 11.6. The average molecular weight is 363 g/mol. The smallest absolute Gasteiger partial charge is 0.321 e. The van der Waals surface area contributed by atoms with Crippen molar-refractivity contribution in [2.75, 3.05) is 20.3 Å². The maximum absolute atomic E-state index is 12.9. The van der Waals surface area contributed by atoms with Crippen molar-refractivity contribution in [3.05, 3.63) is 28.5 Å². The summed E-state index contributed by atoms with van der Waals surface area (Å²) in [5, 5.41) is 4.63. The van der Waals surface area contributed by atoms with Gasteiger partial charge in [-0.05, 0) is 41.1 Å². The van der Waals surface area contributed by atoms with E-state index in [4.69, 9.17) is 9.47 Å². The highest BCUT2D eigenvalue weighted by Gasteiger charge is 2.12. The first kappa shape index (κ1) is 17.4. The second-order valence-electron chi connectivity index (χ2n) is 4.24. The third kappa shape index (κ3) is 6.54. The number of imide groups is 1. The van der Waals surface area contributed by atoms with Gasteiger partial charge in [0.2, 0.25) is 0 Å². The molecule has 0 heterocycles. The lowest BCUT2D eigenvalue weighted by atomic mass is 10.3. The van der Waals surface area contributed by atoms with E-state index in [2.05, 4.69) is 26.6 Å². The molecule has 0 aliphatic heterocycles. The van der Waals surface area contributed by atoms with Crippen LogP contribution >= 0.6 is 15.9 Å². The number of urea groups is 1. The molecular weight excluding hydrogens is 347 g/mol. The van der Waals surface area contributed by atoms with Gasteiger partial charge in [-0.2, -0.15) is 0 Å². The predicted octanol–water partition coefficient (Wildman–Crippen LogP) is 1.83. The second-order valence-corrected chi connectivity index (χ2v) is 5.10. The topological polar surface area (TPSA) is 76.7 Å². The lowest BCUT2D eigenvalue weighted by Gasteiger charge is -2.13. The Balaban J connectivity index is 2.38. The van der Waals surface area contributed by atoms with Crippen molar-refractivity contribution in [3.8, 4) is 5.75 Å². The first-order valence-electron chi connectivity index (χ1n) is 6.09. The summed E-state index contributed by atoms with van der Waals surface area (Å²) in [6.07, 6.45) is 0. The minimum atomic E-state index is -0.633. The molecular formula is C13H16BrFN2O4. The quantitative estimate of drug-likeness (QED) is 0.809. The number of hydrogen-bond acceptors (Lipinski definition) is 4. The largest absolute Gasteiger partial charge is 0.483 e. The molecule has 0 aromatic heterocycles. The maximum atomic E-state index is 12.9. The molecule has 8 heteroatoms. The van der Waals surface area contributed by atoms with Gasteiger partial charge in [-0.3, -0.25) is 10.1 Å². The Morgan fingerprint density at radius 2 is 2.14 bits per heavy atom. The molecule has 0 saturated carbocycles. The standard InChI is InChI=1S/C13H16BrFN2O4/c1-8(6-20-2)16-13(19)17-12(18)7-21-11-4-3-9(15)5-10(11)14/h3-5,8H,6-7H2,1-2H3,(H2,16,17,18,19). The number of hydrogen-bond donors (Lipinski definition) is 2. The van der Waals surface area contributed by atoms with Crippen molar-refractivity contribution in [1.82, 2.24) is 10.6 Å². The van der Waals surface area contributed by atoms with E-state index in [0.717, 1.165) is 0 Å². The summed E-state index contributed by atoms with van der Waals surface area (Å²) < 4.78 is 23.3. The number of nitrogens with one attached hydrogen (secondary N) is 2. The second kappa shape index (κ2) is 8.58. The molecule has 1 aromatic carbocycles. The Bertz CT molecular complexity index is 513. The summed E-state index contributed by atoms with van der Waals surface area (Å²) in [6, 6.07) is 2.94. The van der Waals surface area contributed by atoms with E-state index in [1.54, 1.807) is 6.92 Å². The molecule has 0 bridgehead atoms. The summed E-state index contributed by atoms with van der Waals surface area (Å²) in [6.45, 7) is 1.70. The Morgan fingerprint density at radius 1 is 1.43 bits per heavy atom. The first-order valence-corrected chi connectivity index (χ1v) is 6.88. The Morgan fingerprint density at radius 3 is 2.76 bits per heavy atom. The van der Waals surface area contributed by atoms with Gasteiger partial charge in [-0.15, -0.1) is 0 Å². The van der Waals surface area contributed by atoms with Crippen molar-refractivity contribution in [2.24, 2.45) is 0 Å². The zero-order chi connectivity index (χ0) is 15.8. The molecule has 0 aliphatic rings. The van der Waals surface area contributed by atoms with Gasteiger partial charge in [0.05, 0.1) is 17.1 Å². The van der Waals surface area contributed by atoms with E-state index >= 15 is 0 Å². The van der Waals surface area contributed by atoms with Crippen molar-refractivity contribution in [3.63, 3.8) is 0 Å². The van der Waals surface area contributed by atoms with Gasteiger partial charge in [0.15, 0.2) is 6.61 Å². The molecule has 0 saturated heterocycles. The number of ether oxygens (including phenoxy) is 2. The summed E-state index contributed by atoms with van der Waals surface area (Å²) in [5.41, 5.74) is 0. The van der Waals surface area contributed by atoms with Crippen LogP contribution in [0.15, 0.2) is 22.7 Å². The van der Waals surface area contributed by atoms with E-state index in [1.807, 2.05) is 0 Å². The predicted molar refractivity (Wildman–Crippen MR) is 77.6 cm³/mol. The lowest BCUT2D eigenvalue weighted by Crippen LogP contribution is -2.46.